The van der Waals surface area contributed by atoms with Crippen molar-refractivity contribution in [1.82, 2.24) is 16.0 Å². The van der Waals surface area contributed by atoms with Gasteiger partial charge in [0.25, 0.3) is 0 Å². The van der Waals surface area contributed by atoms with E-state index in [-0.39, 0.29) is 29.8 Å². The van der Waals surface area contributed by atoms with Crippen molar-refractivity contribution < 1.29 is 14.0 Å². The molecular weight excluding hydrogens is 409 g/mol. The van der Waals surface area contributed by atoms with Gasteiger partial charge in [0.15, 0.2) is 0 Å². The molecule has 2 heterocycles. The number of carbonyl (C=O) groups is 2. The summed E-state index contributed by atoms with van der Waals surface area (Å²) in [6, 6.07) is 4.83. The summed E-state index contributed by atoms with van der Waals surface area (Å²) in [7, 11) is 0. The Labute approximate surface area is 159 Å². The Morgan fingerprint density at radius 3 is 3.04 bits per heavy atom. The van der Waals surface area contributed by atoms with Crippen LogP contribution < -0.4 is 16.0 Å². The predicted molar refractivity (Wildman–Crippen MR) is 99.9 cm³/mol. The smallest absolute Gasteiger partial charge is 0.315 e. The lowest BCUT2D eigenvalue weighted by molar-refractivity contribution is -0.121. The molecule has 0 unspecified atom stereocenters. The summed E-state index contributed by atoms with van der Waals surface area (Å²) in [6.07, 6.45) is 3.22. The summed E-state index contributed by atoms with van der Waals surface area (Å²) in [4.78, 5) is 23.3. The molecule has 1 aromatic carbocycles. The number of benzene rings is 1. The fourth-order valence-corrected chi connectivity index (χ4v) is 5.17. The monoisotopic (exact) mass is 429 g/mol. The zero-order valence-electron chi connectivity index (χ0n) is 13.7. The molecule has 3 rings (SSSR count). The Morgan fingerprint density at radius 1 is 1.36 bits per heavy atom. The van der Waals surface area contributed by atoms with Crippen molar-refractivity contribution in [2.45, 2.75) is 49.6 Å². The molecule has 2 fully saturated rings. The molecule has 3 N–H and O–H groups in total. The van der Waals surface area contributed by atoms with E-state index in [0.29, 0.717) is 18.2 Å². The fourth-order valence-electron chi connectivity index (χ4n) is 3.24. The summed E-state index contributed by atoms with van der Waals surface area (Å²) in [5, 5.41) is 9.16. The van der Waals surface area contributed by atoms with Gasteiger partial charge in [0, 0.05) is 28.4 Å². The Bertz CT molecular complexity index is 661. The molecule has 0 saturated carbocycles. The van der Waals surface area contributed by atoms with Gasteiger partial charge in [-0.25, -0.2) is 9.18 Å². The molecule has 3 atom stereocenters. The molecule has 3 amide bonds. The summed E-state index contributed by atoms with van der Waals surface area (Å²) in [6.45, 7) is 0.317. The second kappa shape index (κ2) is 8.40. The molecule has 25 heavy (non-hydrogen) atoms. The van der Waals surface area contributed by atoms with Crippen molar-refractivity contribution in [1.29, 1.82) is 0 Å². The van der Waals surface area contributed by atoms with E-state index in [2.05, 4.69) is 31.9 Å². The number of rotatable bonds is 7. The Kier molecular flexibility index (Phi) is 6.22. The van der Waals surface area contributed by atoms with E-state index >= 15 is 0 Å². The summed E-state index contributed by atoms with van der Waals surface area (Å²) >= 11 is 5.24. The highest BCUT2D eigenvalue weighted by Gasteiger charge is 2.42. The molecule has 136 valence electrons. The predicted octanol–water partition coefficient (Wildman–Crippen LogP) is 2.93. The zero-order chi connectivity index (χ0) is 17.8. The van der Waals surface area contributed by atoms with E-state index in [1.807, 2.05) is 11.8 Å². The van der Waals surface area contributed by atoms with Crippen LogP contribution >= 0.6 is 27.7 Å². The Morgan fingerprint density at radius 2 is 2.20 bits per heavy atom. The average molecular weight is 430 g/mol. The maximum Gasteiger partial charge on any atom is 0.315 e. The summed E-state index contributed by atoms with van der Waals surface area (Å²) in [5.74, 6) is 0.620. The average Bonchev–Trinajstić information content (AvgIpc) is 3.12. The highest BCUT2D eigenvalue weighted by atomic mass is 79.9. The molecule has 0 bridgehead atoms. The Balaban J connectivity index is 1.33. The highest BCUT2D eigenvalue weighted by molar-refractivity contribution is 9.10. The first kappa shape index (κ1) is 18.5. The van der Waals surface area contributed by atoms with Gasteiger partial charge in [0.1, 0.15) is 5.82 Å². The van der Waals surface area contributed by atoms with E-state index in [4.69, 9.17) is 0 Å². The van der Waals surface area contributed by atoms with Gasteiger partial charge in [-0.2, -0.15) is 11.8 Å². The molecule has 0 spiro atoms. The summed E-state index contributed by atoms with van der Waals surface area (Å²) < 4.78 is 14.0. The first-order chi connectivity index (χ1) is 12.0. The number of amides is 3. The third-order valence-corrected chi connectivity index (χ3v) is 6.85. The number of hydrogen-bond acceptors (Lipinski definition) is 3. The molecule has 0 aromatic heterocycles. The van der Waals surface area contributed by atoms with Crippen molar-refractivity contribution in [2.24, 2.45) is 0 Å². The standard InChI is InChI=1S/C17H21BrFN3O2S/c18-12-6-5-11(19)7-10(12)8-20-15(23)4-2-1-3-14-16-13(9-25-14)21-17(24)22-16/h5-7,13-14,16H,1-4,8-9H2,(H,20,23)(H2,21,22,24)/t13-,14-,16+/m0/s1. The minimum atomic E-state index is -0.312. The van der Waals surface area contributed by atoms with Crippen LogP contribution in [0.25, 0.3) is 0 Å². The zero-order valence-corrected chi connectivity index (χ0v) is 16.1. The van der Waals surface area contributed by atoms with Crippen molar-refractivity contribution >= 4 is 39.6 Å². The van der Waals surface area contributed by atoms with Gasteiger partial charge in [0.05, 0.1) is 12.1 Å². The molecule has 2 saturated heterocycles. The van der Waals surface area contributed by atoms with Crippen LogP contribution in [0.2, 0.25) is 0 Å². The van der Waals surface area contributed by atoms with Crippen molar-refractivity contribution in [3.05, 3.63) is 34.1 Å². The van der Waals surface area contributed by atoms with Gasteiger partial charge in [-0.1, -0.05) is 22.4 Å². The number of hydrogen-bond donors (Lipinski definition) is 3. The quantitative estimate of drug-likeness (QED) is 0.460. The van der Waals surface area contributed by atoms with Crippen LogP contribution in [-0.2, 0) is 11.3 Å². The number of carbonyl (C=O) groups excluding carboxylic acids is 2. The maximum absolute atomic E-state index is 13.2. The third-order valence-electron chi connectivity index (χ3n) is 4.56. The molecule has 0 radical (unpaired) electrons. The number of fused-ring (bicyclic) bond motifs is 1. The van der Waals surface area contributed by atoms with Crippen LogP contribution in [0.3, 0.4) is 0 Å². The van der Waals surface area contributed by atoms with Crippen molar-refractivity contribution in [2.75, 3.05) is 5.75 Å². The van der Waals surface area contributed by atoms with Crippen LogP contribution in [0, 0.1) is 5.82 Å². The van der Waals surface area contributed by atoms with Gasteiger partial charge in [0.2, 0.25) is 5.91 Å². The maximum atomic E-state index is 13.2. The number of urea groups is 1. The summed E-state index contributed by atoms with van der Waals surface area (Å²) in [5.41, 5.74) is 0.728. The van der Waals surface area contributed by atoms with E-state index in [1.54, 1.807) is 6.07 Å². The van der Waals surface area contributed by atoms with E-state index in [9.17, 15) is 14.0 Å². The molecule has 5 nitrogen and oxygen atoms in total. The van der Waals surface area contributed by atoms with Crippen LogP contribution in [-0.4, -0.2) is 35.0 Å². The highest BCUT2D eigenvalue weighted by Crippen LogP contribution is 2.33. The van der Waals surface area contributed by atoms with E-state index in [1.165, 1.54) is 12.1 Å². The van der Waals surface area contributed by atoms with Crippen LogP contribution in [0.15, 0.2) is 22.7 Å². The number of thioether (sulfide) groups is 1. The van der Waals surface area contributed by atoms with Gasteiger partial charge in [-0.05, 0) is 36.6 Å². The number of nitrogens with one attached hydrogen (secondary N) is 3. The fraction of sp³-hybridized carbons (Fsp3) is 0.529. The molecule has 0 aliphatic carbocycles. The number of unbranched alkanes of at least 4 members (excludes halogenated alkanes) is 1. The number of halogens is 2. The first-order valence-corrected chi connectivity index (χ1v) is 10.3. The lowest BCUT2D eigenvalue weighted by Crippen LogP contribution is -2.36. The van der Waals surface area contributed by atoms with Gasteiger partial charge < -0.3 is 16.0 Å². The first-order valence-electron chi connectivity index (χ1n) is 8.42. The minimum Gasteiger partial charge on any atom is -0.352 e. The normalized spacial score (nSPS) is 24.6. The molecule has 2 aliphatic rings. The lowest BCUT2D eigenvalue weighted by Gasteiger charge is -2.16. The van der Waals surface area contributed by atoms with E-state index < -0.39 is 0 Å². The third kappa shape index (κ3) is 4.88. The van der Waals surface area contributed by atoms with Gasteiger partial charge in [-0.15, -0.1) is 0 Å². The van der Waals surface area contributed by atoms with Crippen molar-refractivity contribution in [3.63, 3.8) is 0 Å². The van der Waals surface area contributed by atoms with Crippen LogP contribution in [0.5, 0.6) is 0 Å². The van der Waals surface area contributed by atoms with Crippen LogP contribution in [0.1, 0.15) is 31.2 Å². The largest absolute Gasteiger partial charge is 0.352 e. The van der Waals surface area contributed by atoms with Gasteiger partial charge >= 0.3 is 6.03 Å². The van der Waals surface area contributed by atoms with Crippen LogP contribution in [0.4, 0.5) is 9.18 Å². The second-order valence-corrected chi connectivity index (χ2v) is 8.51. The van der Waals surface area contributed by atoms with E-state index in [0.717, 1.165) is 35.1 Å². The minimum absolute atomic E-state index is 0.0241. The molecule has 8 heteroatoms. The van der Waals surface area contributed by atoms with Gasteiger partial charge in [-0.3, -0.25) is 4.79 Å². The van der Waals surface area contributed by atoms with Crippen molar-refractivity contribution in [3.8, 4) is 0 Å². The SMILES string of the molecule is O=C(CCCC[C@@H]1SC[C@@H]2NC(=O)N[C@H]21)NCc1cc(F)ccc1Br. The Hall–Kier alpha value is -1.28. The molecule has 2 aliphatic heterocycles. The topological polar surface area (TPSA) is 70.2 Å². The molecule has 1 aromatic rings. The molecular formula is C17H21BrFN3O2S. The lowest BCUT2D eigenvalue weighted by atomic mass is 10.0. The second-order valence-electron chi connectivity index (χ2n) is 6.38.